The second-order valence-corrected chi connectivity index (χ2v) is 4.71. The van der Waals surface area contributed by atoms with Gasteiger partial charge in [-0.3, -0.25) is 9.36 Å². The molecule has 2 aromatic heterocycles. The molecule has 1 N–H and O–H groups in total. The summed E-state index contributed by atoms with van der Waals surface area (Å²) >= 11 is 6.23. The van der Waals surface area contributed by atoms with Gasteiger partial charge in [-0.2, -0.15) is 10.2 Å². The first-order valence-corrected chi connectivity index (χ1v) is 6.33. The van der Waals surface area contributed by atoms with Gasteiger partial charge in [0.2, 0.25) is 0 Å². The van der Waals surface area contributed by atoms with Gasteiger partial charge in [-0.05, 0) is 13.5 Å². The molecule has 0 saturated heterocycles. The van der Waals surface area contributed by atoms with E-state index in [1.807, 2.05) is 29.7 Å². The van der Waals surface area contributed by atoms with Gasteiger partial charge in [-0.25, -0.2) is 0 Å². The summed E-state index contributed by atoms with van der Waals surface area (Å²) in [5, 5.41) is 12.6. The SMILES string of the molecule is CCNC(c1cnn(C)c1C)c1c(Cl)cnn1C. The van der Waals surface area contributed by atoms with Crippen molar-refractivity contribution in [1.29, 1.82) is 0 Å². The maximum atomic E-state index is 6.23. The zero-order valence-electron chi connectivity index (χ0n) is 11.1. The van der Waals surface area contributed by atoms with Gasteiger partial charge in [0.15, 0.2) is 0 Å². The summed E-state index contributed by atoms with van der Waals surface area (Å²) < 4.78 is 3.67. The van der Waals surface area contributed by atoms with E-state index in [2.05, 4.69) is 29.4 Å². The Morgan fingerprint density at radius 1 is 1.28 bits per heavy atom. The monoisotopic (exact) mass is 267 g/mol. The van der Waals surface area contributed by atoms with Crippen LogP contribution < -0.4 is 5.32 Å². The number of aromatic nitrogens is 4. The van der Waals surface area contributed by atoms with E-state index in [1.165, 1.54) is 0 Å². The van der Waals surface area contributed by atoms with Crippen LogP contribution in [0.1, 0.15) is 29.9 Å². The Kier molecular flexibility index (Phi) is 3.73. The lowest BCUT2D eigenvalue weighted by molar-refractivity contribution is 0.569. The quantitative estimate of drug-likeness (QED) is 0.919. The topological polar surface area (TPSA) is 47.7 Å². The maximum absolute atomic E-state index is 6.23. The van der Waals surface area contributed by atoms with Gasteiger partial charge in [-0.15, -0.1) is 0 Å². The van der Waals surface area contributed by atoms with Crippen molar-refractivity contribution in [2.24, 2.45) is 14.1 Å². The van der Waals surface area contributed by atoms with Gasteiger partial charge in [0.25, 0.3) is 0 Å². The smallest absolute Gasteiger partial charge is 0.0837 e. The Morgan fingerprint density at radius 3 is 2.39 bits per heavy atom. The van der Waals surface area contributed by atoms with Crippen LogP contribution in [0.3, 0.4) is 0 Å². The summed E-state index contributed by atoms with van der Waals surface area (Å²) in [6.07, 6.45) is 3.55. The predicted molar refractivity (Wildman–Crippen MR) is 71.7 cm³/mol. The van der Waals surface area contributed by atoms with Crippen LogP contribution in [-0.4, -0.2) is 26.1 Å². The van der Waals surface area contributed by atoms with Crippen molar-refractivity contribution in [3.05, 3.63) is 34.4 Å². The van der Waals surface area contributed by atoms with Crippen molar-refractivity contribution in [1.82, 2.24) is 24.9 Å². The highest BCUT2D eigenvalue weighted by molar-refractivity contribution is 6.31. The molecule has 5 nitrogen and oxygen atoms in total. The van der Waals surface area contributed by atoms with E-state index in [0.29, 0.717) is 5.02 Å². The molecule has 2 heterocycles. The third-order valence-electron chi connectivity index (χ3n) is 3.20. The van der Waals surface area contributed by atoms with E-state index in [0.717, 1.165) is 23.5 Å². The number of halogens is 1. The van der Waals surface area contributed by atoms with Crippen molar-refractivity contribution in [2.75, 3.05) is 6.54 Å². The minimum Gasteiger partial charge on any atom is -0.305 e. The summed E-state index contributed by atoms with van der Waals surface area (Å²) in [4.78, 5) is 0. The molecule has 0 aromatic carbocycles. The Hall–Kier alpha value is -1.33. The molecule has 0 aliphatic carbocycles. The molecule has 1 atom stereocenters. The summed E-state index contributed by atoms with van der Waals surface area (Å²) in [5.41, 5.74) is 3.22. The number of nitrogens with zero attached hydrogens (tertiary/aromatic N) is 4. The molecule has 98 valence electrons. The van der Waals surface area contributed by atoms with Gasteiger partial charge in [0.05, 0.1) is 29.2 Å². The van der Waals surface area contributed by atoms with E-state index in [-0.39, 0.29) is 6.04 Å². The zero-order valence-corrected chi connectivity index (χ0v) is 11.9. The number of rotatable bonds is 4. The zero-order chi connectivity index (χ0) is 13.3. The van der Waals surface area contributed by atoms with Crippen LogP contribution in [0.25, 0.3) is 0 Å². The largest absolute Gasteiger partial charge is 0.305 e. The first-order valence-electron chi connectivity index (χ1n) is 5.95. The molecule has 6 heteroatoms. The minimum absolute atomic E-state index is 0.0173. The average molecular weight is 268 g/mol. The maximum Gasteiger partial charge on any atom is 0.0837 e. The van der Waals surface area contributed by atoms with Crippen molar-refractivity contribution >= 4 is 11.6 Å². The highest BCUT2D eigenvalue weighted by Crippen LogP contribution is 2.29. The third-order valence-corrected chi connectivity index (χ3v) is 3.49. The second kappa shape index (κ2) is 5.12. The lowest BCUT2D eigenvalue weighted by Crippen LogP contribution is -2.25. The molecule has 0 saturated carbocycles. The number of nitrogens with one attached hydrogen (secondary N) is 1. The van der Waals surface area contributed by atoms with Crippen LogP contribution in [0.15, 0.2) is 12.4 Å². The molecular formula is C12H18ClN5. The molecule has 1 unspecified atom stereocenters. The Morgan fingerprint density at radius 2 is 1.94 bits per heavy atom. The van der Waals surface area contributed by atoms with E-state index in [4.69, 9.17) is 11.6 Å². The molecule has 0 amide bonds. The summed E-state index contributed by atoms with van der Waals surface area (Å²) in [6.45, 7) is 4.97. The van der Waals surface area contributed by atoms with Crippen molar-refractivity contribution in [3.63, 3.8) is 0 Å². The molecule has 2 aromatic rings. The molecule has 0 radical (unpaired) electrons. The Bertz CT molecular complexity index is 523. The minimum atomic E-state index is 0.0173. The highest BCUT2D eigenvalue weighted by atomic mass is 35.5. The number of hydrogen-bond acceptors (Lipinski definition) is 3. The lowest BCUT2D eigenvalue weighted by atomic mass is 10.0. The van der Waals surface area contributed by atoms with Crippen molar-refractivity contribution < 1.29 is 0 Å². The van der Waals surface area contributed by atoms with Crippen LogP contribution in [-0.2, 0) is 14.1 Å². The molecule has 0 aliphatic rings. The third kappa shape index (κ3) is 2.15. The Balaban J connectivity index is 2.50. The van der Waals surface area contributed by atoms with Crippen molar-refractivity contribution in [3.8, 4) is 0 Å². The number of hydrogen-bond donors (Lipinski definition) is 1. The summed E-state index contributed by atoms with van der Waals surface area (Å²) in [7, 11) is 3.84. The lowest BCUT2D eigenvalue weighted by Gasteiger charge is -2.18. The van der Waals surface area contributed by atoms with Crippen LogP contribution in [0.4, 0.5) is 0 Å². The molecule has 0 spiro atoms. The Labute approximate surface area is 112 Å². The molecule has 18 heavy (non-hydrogen) atoms. The summed E-state index contributed by atoms with van der Waals surface area (Å²) in [5.74, 6) is 0. The van der Waals surface area contributed by atoms with Gasteiger partial charge in [-0.1, -0.05) is 18.5 Å². The van der Waals surface area contributed by atoms with Crippen LogP contribution in [0.5, 0.6) is 0 Å². The van der Waals surface area contributed by atoms with Gasteiger partial charge < -0.3 is 5.32 Å². The van der Waals surface area contributed by atoms with Gasteiger partial charge in [0.1, 0.15) is 0 Å². The fourth-order valence-electron chi connectivity index (χ4n) is 2.10. The first kappa shape index (κ1) is 13.1. The van der Waals surface area contributed by atoms with E-state index in [1.54, 1.807) is 6.20 Å². The molecule has 2 rings (SSSR count). The number of aryl methyl sites for hydroxylation is 2. The summed E-state index contributed by atoms with van der Waals surface area (Å²) in [6, 6.07) is 0.0173. The molecule has 0 aliphatic heterocycles. The van der Waals surface area contributed by atoms with Gasteiger partial charge >= 0.3 is 0 Å². The molecular weight excluding hydrogens is 250 g/mol. The first-order chi connectivity index (χ1) is 8.56. The van der Waals surface area contributed by atoms with E-state index in [9.17, 15) is 0 Å². The normalized spacial score (nSPS) is 12.9. The highest BCUT2D eigenvalue weighted by Gasteiger charge is 2.23. The predicted octanol–water partition coefficient (Wildman–Crippen LogP) is 1.81. The van der Waals surface area contributed by atoms with Gasteiger partial charge in [0, 0.05) is 25.4 Å². The molecule has 0 fully saturated rings. The van der Waals surface area contributed by atoms with Crippen molar-refractivity contribution in [2.45, 2.75) is 19.9 Å². The standard InChI is InChI=1S/C12H18ClN5/c1-5-14-11(9-6-15-17(3)8(9)2)12-10(13)7-16-18(12)4/h6-7,11,14H,5H2,1-4H3. The second-order valence-electron chi connectivity index (χ2n) is 4.30. The van der Waals surface area contributed by atoms with Crippen LogP contribution in [0, 0.1) is 6.92 Å². The van der Waals surface area contributed by atoms with Crippen LogP contribution in [0.2, 0.25) is 5.02 Å². The molecule has 0 bridgehead atoms. The van der Waals surface area contributed by atoms with E-state index >= 15 is 0 Å². The van der Waals surface area contributed by atoms with Crippen LogP contribution >= 0.6 is 11.6 Å². The van der Waals surface area contributed by atoms with E-state index < -0.39 is 0 Å². The average Bonchev–Trinajstić information content (AvgIpc) is 2.83. The fourth-order valence-corrected chi connectivity index (χ4v) is 2.38. The fraction of sp³-hybridized carbons (Fsp3) is 0.500.